The molecule has 154 valence electrons. The Hall–Kier alpha value is -3.73. The highest BCUT2D eigenvalue weighted by molar-refractivity contribution is 6.07. The molecule has 0 spiro atoms. The summed E-state index contributed by atoms with van der Waals surface area (Å²) in [5, 5.41) is 4.77. The highest BCUT2D eigenvalue weighted by atomic mass is 16.5. The lowest BCUT2D eigenvalue weighted by Crippen LogP contribution is -2.11. The van der Waals surface area contributed by atoms with Crippen molar-refractivity contribution in [2.24, 2.45) is 0 Å². The average Bonchev–Trinajstić information content (AvgIpc) is 3.33. The third kappa shape index (κ3) is 3.52. The Bertz CT molecular complexity index is 1300. The van der Waals surface area contributed by atoms with Gasteiger partial charge < -0.3 is 9.26 Å². The van der Waals surface area contributed by atoms with Crippen LogP contribution in [0.2, 0.25) is 0 Å². The van der Waals surface area contributed by atoms with E-state index in [1.165, 1.54) is 0 Å². The van der Waals surface area contributed by atoms with E-state index in [2.05, 4.69) is 23.4 Å². The molecule has 0 saturated heterocycles. The summed E-state index contributed by atoms with van der Waals surface area (Å²) >= 11 is 0. The quantitative estimate of drug-likeness (QED) is 0.405. The topological polar surface area (TPSA) is 65.2 Å². The lowest BCUT2D eigenvalue weighted by Gasteiger charge is -2.12. The molecule has 2 aromatic heterocycles. The Labute approximate surface area is 180 Å². The largest absolute Gasteiger partial charge is 0.457 e. The van der Waals surface area contributed by atoms with Crippen LogP contribution in [0.1, 0.15) is 50.6 Å². The zero-order chi connectivity index (χ0) is 21.4. The van der Waals surface area contributed by atoms with Crippen molar-refractivity contribution in [3.05, 3.63) is 94.0 Å². The van der Waals surface area contributed by atoms with Crippen molar-refractivity contribution in [2.45, 2.75) is 33.3 Å². The van der Waals surface area contributed by atoms with E-state index in [-0.39, 0.29) is 12.6 Å². The Morgan fingerprint density at radius 1 is 1.06 bits per heavy atom. The molecule has 0 fully saturated rings. The summed E-state index contributed by atoms with van der Waals surface area (Å²) in [5.41, 5.74) is 7.09. The van der Waals surface area contributed by atoms with E-state index in [1.807, 2.05) is 56.3 Å². The number of aromatic nitrogens is 2. The van der Waals surface area contributed by atoms with Crippen molar-refractivity contribution in [2.75, 3.05) is 0 Å². The fraction of sp³-hybridized carbons (Fsp3) is 0.192. The van der Waals surface area contributed by atoms with Crippen molar-refractivity contribution in [1.29, 1.82) is 0 Å². The number of para-hydroxylation sites is 1. The number of rotatable bonds is 4. The van der Waals surface area contributed by atoms with E-state index in [1.54, 1.807) is 0 Å². The zero-order valence-electron chi connectivity index (χ0n) is 17.5. The van der Waals surface area contributed by atoms with Gasteiger partial charge in [0.05, 0.1) is 28.0 Å². The summed E-state index contributed by atoms with van der Waals surface area (Å²) in [4.78, 5) is 18.2. The van der Waals surface area contributed by atoms with Gasteiger partial charge in [0.15, 0.2) is 0 Å². The highest BCUT2D eigenvalue weighted by Crippen LogP contribution is 2.38. The van der Waals surface area contributed by atoms with Crippen molar-refractivity contribution < 1.29 is 14.1 Å². The molecule has 0 aliphatic heterocycles. The number of carbonyl (C=O) groups is 1. The van der Waals surface area contributed by atoms with Gasteiger partial charge in [-0.25, -0.2) is 9.78 Å². The van der Waals surface area contributed by atoms with Gasteiger partial charge >= 0.3 is 5.97 Å². The van der Waals surface area contributed by atoms with Crippen LogP contribution in [0.5, 0.6) is 0 Å². The minimum atomic E-state index is -0.337. The molecule has 2 aromatic carbocycles. The van der Waals surface area contributed by atoms with Crippen molar-refractivity contribution in [1.82, 2.24) is 10.1 Å². The van der Waals surface area contributed by atoms with Gasteiger partial charge in [-0.2, -0.15) is 0 Å². The van der Waals surface area contributed by atoms with Gasteiger partial charge in [-0.3, -0.25) is 0 Å². The first-order valence-electron chi connectivity index (χ1n) is 10.4. The molecule has 5 nitrogen and oxygen atoms in total. The van der Waals surface area contributed by atoms with Gasteiger partial charge in [0.1, 0.15) is 12.4 Å². The average molecular weight is 410 g/mol. The summed E-state index contributed by atoms with van der Waals surface area (Å²) in [6, 6.07) is 17.9. The van der Waals surface area contributed by atoms with Gasteiger partial charge in [-0.15, -0.1) is 0 Å². The first-order valence-corrected chi connectivity index (χ1v) is 10.4. The van der Waals surface area contributed by atoms with Crippen LogP contribution in [0.15, 0.2) is 59.1 Å². The molecule has 31 heavy (non-hydrogen) atoms. The molecule has 1 aliphatic carbocycles. The number of hydrogen-bond acceptors (Lipinski definition) is 5. The number of esters is 1. The smallest absolute Gasteiger partial charge is 0.339 e. The predicted octanol–water partition coefficient (Wildman–Crippen LogP) is 5.68. The maximum Gasteiger partial charge on any atom is 0.339 e. The first-order chi connectivity index (χ1) is 15.1. The third-order valence-corrected chi connectivity index (χ3v) is 5.82. The molecule has 0 N–H and O–H groups in total. The number of nitrogens with zero attached hydrogens (tertiary/aromatic N) is 2. The van der Waals surface area contributed by atoms with E-state index < -0.39 is 0 Å². The van der Waals surface area contributed by atoms with E-state index in [0.717, 1.165) is 57.4 Å². The second kappa shape index (κ2) is 7.84. The molecule has 5 rings (SSSR count). The number of allylic oxidation sites excluding steroid dienone is 1. The van der Waals surface area contributed by atoms with Crippen LogP contribution in [-0.2, 0) is 17.8 Å². The number of fused-ring (bicyclic) bond motifs is 2. The van der Waals surface area contributed by atoms with Crippen molar-refractivity contribution >= 4 is 28.5 Å². The minimum absolute atomic E-state index is 0.137. The summed E-state index contributed by atoms with van der Waals surface area (Å²) < 4.78 is 10.9. The summed E-state index contributed by atoms with van der Waals surface area (Å²) in [7, 11) is 0. The van der Waals surface area contributed by atoms with Crippen LogP contribution >= 0.6 is 0 Å². The SMILES string of the molecule is Cc1noc(C)c1COC(=O)c1c2c(nc3ccccc13)/C(=C/c1ccccc1)CC2. The molecule has 0 amide bonds. The van der Waals surface area contributed by atoms with Gasteiger partial charge in [-0.05, 0) is 55.5 Å². The van der Waals surface area contributed by atoms with Gasteiger partial charge in [0, 0.05) is 5.39 Å². The molecule has 5 heteroatoms. The molecule has 2 heterocycles. The van der Waals surface area contributed by atoms with E-state index >= 15 is 0 Å². The molecule has 0 unspecified atom stereocenters. The Morgan fingerprint density at radius 3 is 2.61 bits per heavy atom. The number of hydrogen-bond donors (Lipinski definition) is 0. The molecule has 1 aliphatic rings. The molecular weight excluding hydrogens is 388 g/mol. The van der Waals surface area contributed by atoms with Crippen molar-refractivity contribution in [3.63, 3.8) is 0 Å². The standard InChI is InChI=1S/C26H22N2O3/c1-16-22(17(2)31-28-16)15-30-26(29)24-20-10-6-7-11-23(20)27-25-19(12-13-21(24)25)14-18-8-4-3-5-9-18/h3-11,14H,12-13,15H2,1-2H3/b19-14+. The van der Waals surface area contributed by atoms with Crippen LogP contribution < -0.4 is 0 Å². The van der Waals surface area contributed by atoms with Crippen LogP contribution in [0.4, 0.5) is 0 Å². The summed E-state index contributed by atoms with van der Waals surface area (Å²) in [6.07, 6.45) is 3.77. The fourth-order valence-corrected chi connectivity index (χ4v) is 4.18. The Kier molecular flexibility index (Phi) is 4.86. The van der Waals surface area contributed by atoms with Gasteiger partial charge in [0.2, 0.25) is 0 Å². The molecule has 4 aromatic rings. The number of carbonyl (C=O) groups excluding carboxylic acids is 1. The highest BCUT2D eigenvalue weighted by Gasteiger charge is 2.28. The number of ether oxygens (including phenoxy) is 1. The summed E-state index contributed by atoms with van der Waals surface area (Å²) in [6.45, 7) is 3.81. The third-order valence-electron chi connectivity index (χ3n) is 5.82. The molecular formula is C26H22N2O3. The second-order valence-electron chi connectivity index (χ2n) is 7.79. The van der Waals surface area contributed by atoms with Crippen molar-refractivity contribution in [3.8, 4) is 0 Å². The number of benzene rings is 2. The second-order valence-corrected chi connectivity index (χ2v) is 7.79. The minimum Gasteiger partial charge on any atom is -0.457 e. The molecule has 0 bridgehead atoms. The van der Waals surface area contributed by atoms with Crippen LogP contribution in [-0.4, -0.2) is 16.1 Å². The predicted molar refractivity (Wildman–Crippen MR) is 119 cm³/mol. The van der Waals surface area contributed by atoms with E-state index in [4.69, 9.17) is 14.2 Å². The maximum absolute atomic E-state index is 13.3. The molecule has 0 atom stereocenters. The van der Waals surface area contributed by atoms with E-state index in [9.17, 15) is 4.79 Å². The Morgan fingerprint density at radius 2 is 1.84 bits per heavy atom. The first kappa shape index (κ1) is 19.2. The number of aryl methyl sites for hydroxylation is 2. The van der Waals surface area contributed by atoms with Crippen LogP contribution in [0, 0.1) is 13.8 Å². The molecule has 0 radical (unpaired) electrons. The Balaban J connectivity index is 1.57. The van der Waals surface area contributed by atoms with Crippen LogP contribution in [0.25, 0.3) is 22.6 Å². The summed E-state index contributed by atoms with van der Waals surface area (Å²) in [5.74, 6) is 0.332. The van der Waals surface area contributed by atoms with Crippen LogP contribution in [0.3, 0.4) is 0 Å². The van der Waals surface area contributed by atoms with Gasteiger partial charge in [-0.1, -0.05) is 53.7 Å². The zero-order valence-corrected chi connectivity index (χ0v) is 17.5. The lowest BCUT2D eigenvalue weighted by atomic mass is 10.0. The van der Waals surface area contributed by atoms with Gasteiger partial charge in [0.25, 0.3) is 0 Å². The van der Waals surface area contributed by atoms with E-state index in [0.29, 0.717) is 11.3 Å². The lowest BCUT2D eigenvalue weighted by molar-refractivity contribution is 0.0472. The monoisotopic (exact) mass is 410 g/mol. The maximum atomic E-state index is 13.3. The fourth-order valence-electron chi connectivity index (χ4n) is 4.18. The molecule has 0 saturated carbocycles. The number of pyridine rings is 1. The normalized spacial score (nSPS) is 14.2.